The monoisotopic (exact) mass is 430 g/mol. The van der Waals surface area contributed by atoms with Gasteiger partial charge in [0.05, 0.1) is 26.6 Å². The van der Waals surface area contributed by atoms with Gasteiger partial charge in [0.15, 0.2) is 5.16 Å². The zero-order valence-electron chi connectivity index (χ0n) is 15.8. The van der Waals surface area contributed by atoms with Crippen LogP contribution in [0.3, 0.4) is 0 Å². The smallest absolute Gasteiger partial charge is 0.271 e. The molecule has 2 N–H and O–H groups in total. The van der Waals surface area contributed by atoms with Crippen molar-refractivity contribution in [2.75, 3.05) is 5.32 Å². The van der Waals surface area contributed by atoms with Crippen LogP contribution in [0.25, 0.3) is 0 Å². The molecule has 0 bridgehead atoms. The van der Waals surface area contributed by atoms with Crippen LogP contribution in [0, 0.1) is 17.0 Å². The molecule has 0 aliphatic heterocycles. The fourth-order valence-corrected chi connectivity index (χ4v) is 3.70. The lowest BCUT2D eigenvalue weighted by Crippen LogP contribution is -2.22. The Kier molecular flexibility index (Phi) is 6.56. The van der Waals surface area contributed by atoms with Gasteiger partial charge in [-0.25, -0.2) is 4.98 Å². The summed E-state index contributed by atoms with van der Waals surface area (Å²) in [6.07, 6.45) is 0.702. The van der Waals surface area contributed by atoms with E-state index in [-0.39, 0.29) is 22.3 Å². The van der Waals surface area contributed by atoms with Crippen molar-refractivity contribution in [2.24, 2.45) is 0 Å². The lowest BCUT2D eigenvalue weighted by atomic mass is 10.1. The van der Waals surface area contributed by atoms with Crippen LogP contribution in [0.5, 0.6) is 0 Å². The van der Waals surface area contributed by atoms with E-state index in [9.17, 15) is 14.9 Å². The molecule has 0 radical (unpaired) electrons. The van der Waals surface area contributed by atoms with Crippen molar-refractivity contribution in [2.45, 2.75) is 30.7 Å². The molecule has 1 amide bonds. The van der Waals surface area contributed by atoms with E-state index in [1.165, 1.54) is 30.0 Å². The summed E-state index contributed by atoms with van der Waals surface area (Å²) in [6, 6.07) is 13.9. The summed E-state index contributed by atoms with van der Waals surface area (Å²) in [5.41, 5.74) is 3.10. The van der Waals surface area contributed by atoms with E-state index < -0.39 is 10.2 Å². The van der Waals surface area contributed by atoms with Gasteiger partial charge in [0, 0.05) is 24.2 Å². The Bertz CT molecular complexity index is 1040. The van der Waals surface area contributed by atoms with Gasteiger partial charge in [0.25, 0.3) is 5.69 Å². The van der Waals surface area contributed by atoms with Crippen LogP contribution in [0.2, 0.25) is 5.02 Å². The summed E-state index contributed by atoms with van der Waals surface area (Å²) >= 11 is 7.33. The van der Waals surface area contributed by atoms with Gasteiger partial charge in [0.1, 0.15) is 0 Å². The van der Waals surface area contributed by atoms with Crippen molar-refractivity contribution < 1.29 is 9.72 Å². The molecule has 3 aromatic rings. The van der Waals surface area contributed by atoms with Crippen LogP contribution in [0.15, 0.2) is 53.7 Å². The van der Waals surface area contributed by atoms with Gasteiger partial charge in [-0.3, -0.25) is 14.9 Å². The summed E-state index contributed by atoms with van der Waals surface area (Å²) in [6.45, 7) is 3.68. The van der Waals surface area contributed by atoms with Crippen molar-refractivity contribution in [3.8, 4) is 0 Å². The Balaban J connectivity index is 1.66. The lowest BCUT2D eigenvalue weighted by Gasteiger charge is -2.11. The van der Waals surface area contributed by atoms with Crippen molar-refractivity contribution >= 4 is 40.6 Å². The number of carbonyl (C=O) groups excluding carboxylic acids is 1. The molecular weight excluding hydrogens is 412 g/mol. The molecule has 1 heterocycles. The third-order valence-corrected chi connectivity index (χ3v) is 5.57. The van der Waals surface area contributed by atoms with Crippen LogP contribution in [-0.2, 0) is 11.2 Å². The molecule has 3 rings (SSSR count). The number of H-pyrrole nitrogens is 1. The lowest BCUT2D eigenvalue weighted by molar-refractivity contribution is -0.384. The van der Waals surface area contributed by atoms with Crippen LogP contribution in [-0.4, -0.2) is 26.0 Å². The van der Waals surface area contributed by atoms with Crippen molar-refractivity contribution in [1.29, 1.82) is 0 Å². The molecule has 0 saturated carbocycles. The molecule has 1 aromatic heterocycles. The van der Waals surface area contributed by atoms with Crippen LogP contribution >= 0.6 is 23.4 Å². The van der Waals surface area contributed by atoms with Gasteiger partial charge in [-0.1, -0.05) is 53.7 Å². The molecular formula is C20H19ClN4O3S. The molecule has 1 unspecified atom stereocenters. The van der Waals surface area contributed by atoms with Crippen molar-refractivity contribution in [3.05, 3.63) is 80.6 Å². The fourth-order valence-electron chi connectivity index (χ4n) is 2.66. The number of carbonyl (C=O) groups is 1. The Morgan fingerprint density at radius 1 is 1.31 bits per heavy atom. The standard InChI is InChI=1S/C20H19ClN4O3S/c1-12-17(10-14-6-4-3-5-7-14)24-20(22-12)29-13(2)19(26)23-18-11-15(25(27)28)8-9-16(18)21/h3-9,11,13H,10H2,1-2H3,(H,22,24)(H,23,26). The van der Waals surface area contributed by atoms with Gasteiger partial charge in [-0.15, -0.1) is 0 Å². The number of aryl methyl sites for hydroxylation is 1. The molecule has 0 saturated heterocycles. The van der Waals surface area contributed by atoms with Crippen molar-refractivity contribution in [1.82, 2.24) is 9.97 Å². The third-order valence-electron chi connectivity index (χ3n) is 4.25. The largest absolute Gasteiger partial charge is 0.337 e. The average Bonchev–Trinajstić information content (AvgIpc) is 3.02. The number of hydrogen-bond donors (Lipinski definition) is 2. The Labute approximate surface area is 177 Å². The summed E-state index contributed by atoms with van der Waals surface area (Å²) in [5.74, 6) is -0.323. The first-order chi connectivity index (χ1) is 13.8. The highest BCUT2D eigenvalue weighted by atomic mass is 35.5. The maximum atomic E-state index is 12.5. The van der Waals surface area contributed by atoms with Crippen LogP contribution < -0.4 is 5.32 Å². The number of nitro benzene ring substituents is 1. The highest BCUT2D eigenvalue weighted by Crippen LogP contribution is 2.29. The molecule has 1 atom stereocenters. The number of anilines is 1. The van der Waals surface area contributed by atoms with Gasteiger partial charge >= 0.3 is 0 Å². The van der Waals surface area contributed by atoms with E-state index in [2.05, 4.69) is 15.3 Å². The van der Waals surface area contributed by atoms with Gasteiger partial charge in [0.2, 0.25) is 5.91 Å². The zero-order chi connectivity index (χ0) is 21.0. The number of nitrogens with zero attached hydrogens (tertiary/aromatic N) is 2. The van der Waals surface area contributed by atoms with Gasteiger partial charge in [-0.2, -0.15) is 0 Å². The van der Waals surface area contributed by atoms with Crippen LogP contribution in [0.1, 0.15) is 23.9 Å². The Morgan fingerprint density at radius 3 is 2.72 bits per heavy atom. The zero-order valence-corrected chi connectivity index (χ0v) is 17.4. The van der Waals surface area contributed by atoms with E-state index in [0.717, 1.165) is 17.0 Å². The number of rotatable bonds is 7. The van der Waals surface area contributed by atoms with Gasteiger partial charge in [-0.05, 0) is 25.5 Å². The van der Waals surface area contributed by atoms with Crippen molar-refractivity contribution in [3.63, 3.8) is 0 Å². The summed E-state index contributed by atoms with van der Waals surface area (Å²) in [7, 11) is 0. The molecule has 0 fully saturated rings. The predicted molar refractivity (Wildman–Crippen MR) is 115 cm³/mol. The highest BCUT2D eigenvalue weighted by Gasteiger charge is 2.20. The number of nitro groups is 1. The number of amides is 1. The summed E-state index contributed by atoms with van der Waals surface area (Å²) in [5, 5.41) is 14.0. The Hall–Kier alpha value is -2.84. The predicted octanol–water partition coefficient (Wildman–Crippen LogP) is 4.99. The van der Waals surface area contributed by atoms with E-state index in [4.69, 9.17) is 11.6 Å². The number of aromatic amines is 1. The van der Waals surface area contributed by atoms with E-state index >= 15 is 0 Å². The SMILES string of the molecule is Cc1[nH]c(SC(C)C(=O)Nc2cc([N+](=O)[O-])ccc2Cl)nc1Cc1ccccc1. The average molecular weight is 431 g/mol. The number of halogens is 1. The summed E-state index contributed by atoms with van der Waals surface area (Å²) in [4.78, 5) is 30.7. The molecule has 0 aliphatic carbocycles. The normalized spacial score (nSPS) is 11.8. The van der Waals surface area contributed by atoms with Gasteiger partial charge < -0.3 is 10.3 Å². The first kappa shape index (κ1) is 20.9. The number of imidazole rings is 1. The number of nitrogens with one attached hydrogen (secondary N) is 2. The Morgan fingerprint density at radius 2 is 2.03 bits per heavy atom. The molecule has 0 spiro atoms. The molecule has 2 aromatic carbocycles. The maximum absolute atomic E-state index is 12.5. The third kappa shape index (κ3) is 5.36. The highest BCUT2D eigenvalue weighted by molar-refractivity contribution is 8.00. The second-order valence-corrected chi connectivity index (χ2v) is 8.18. The number of benzene rings is 2. The molecule has 150 valence electrons. The molecule has 7 nitrogen and oxygen atoms in total. The quantitative estimate of drug-likeness (QED) is 0.312. The maximum Gasteiger partial charge on any atom is 0.271 e. The van der Waals surface area contributed by atoms with E-state index in [1.54, 1.807) is 6.92 Å². The van der Waals surface area contributed by atoms with E-state index in [1.807, 2.05) is 37.3 Å². The topological polar surface area (TPSA) is 101 Å². The van der Waals surface area contributed by atoms with E-state index in [0.29, 0.717) is 11.6 Å². The first-order valence-electron chi connectivity index (χ1n) is 8.84. The second kappa shape index (κ2) is 9.11. The molecule has 0 aliphatic rings. The second-order valence-electron chi connectivity index (χ2n) is 6.45. The number of thioether (sulfide) groups is 1. The molecule has 9 heteroatoms. The summed E-state index contributed by atoms with van der Waals surface area (Å²) < 4.78 is 0. The minimum Gasteiger partial charge on any atom is -0.337 e. The van der Waals surface area contributed by atoms with Crippen LogP contribution in [0.4, 0.5) is 11.4 Å². The number of hydrogen-bond acceptors (Lipinski definition) is 5. The minimum absolute atomic E-state index is 0.141. The number of non-ortho nitro benzene ring substituents is 1. The fraction of sp³-hybridized carbons (Fsp3) is 0.200. The first-order valence-corrected chi connectivity index (χ1v) is 10.1. The molecule has 29 heavy (non-hydrogen) atoms. The minimum atomic E-state index is -0.538. The number of aromatic nitrogens is 2.